The Hall–Kier alpha value is -5.61. The number of primary amides is 1. The molecule has 1 unspecified atom stereocenters. The minimum Gasteiger partial charge on any atom is -0.370 e. The molecule has 10 heteroatoms. The molecule has 3 heterocycles. The van der Waals surface area contributed by atoms with E-state index in [9.17, 15) is 9.59 Å². The van der Waals surface area contributed by atoms with E-state index in [-0.39, 0.29) is 12.3 Å². The van der Waals surface area contributed by atoms with Crippen LogP contribution in [-0.4, -0.2) is 41.9 Å². The number of pyridine rings is 1. The van der Waals surface area contributed by atoms with Gasteiger partial charge in [-0.05, 0) is 60.4 Å². The largest absolute Gasteiger partial charge is 0.370 e. The molecule has 238 valence electrons. The first kappa shape index (κ1) is 31.4. The second-order valence-corrected chi connectivity index (χ2v) is 11.9. The van der Waals surface area contributed by atoms with E-state index in [0.717, 1.165) is 56.8 Å². The third-order valence-electron chi connectivity index (χ3n) is 8.24. The Kier molecular flexibility index (Phi) is 9.49. The second-order valence-electron chi connectivity index (χ2n) is 11.9. The molecule has 3 aromatic carbocycles. The number of hydrogen-bond acceptors (Lipinski definition) is 6. The molecule has 3 aromatic heterocycles. The molecule has 5 N–H and O–H groups in total. The van der Waals surface area contributed by atoms with E-state index in [0.29, 0.717) is 19.5 Å². The van der Waals surface area contributed by atoms with Crippen LogP contribution in [0.2, 0.25) is 0 Å². The molecule has 0 saturated carbocycles. The molecule has 0 aliphatic heterocycles. The van der Waals surface area contributed by atoms with Crippen molar-refractivity contribution >= 4 is 22.8 Å². The Balaban J connectivity index is 1.31. The first-order valence-corrected chi connectivity index (χ1v) is 15.7. The van der Waals surface area contributed by atoms with E-state index < -0.39 is 18.0 Å². The van der Waals surface area contributed by atoms with Crippen LogP contribution in [0.4, 0.5) is 0 Å². The number of fused-ring (bicyclic) bond motifs is 1. The van der Waals surface area contributed by atoms with Crippen molar-refractivity contribution in [2.24, 2.45) is 11.5 Å². The van der Waals surface area contributed by atoms with Gasteiger partial charge in [-0.25, -0.2) is 9.97 Å². The molecule has 0 aliphatic rings. The molecule has 0 spiro atoms. The lowest BCUT2D eigenvalue weighted by Crippen LogP contribution is -2.44. The lowest BCUT2D eigenvalue weighted by atomic mass is 10.0. The summed E-state index contributed by atoms with van der Waals surface area (Å²) < 4.78 is 4.22. The number of nitrogens with two attached hydrogens (primary N) is 2. The van der Waals surface area contributed by atoms with Crippen LogP contribution in [0.15, 0.2) is 110 Å². The van der Waals surface area contributed by atoms with Crippen LogP contribution in [0.1, 0.15) is 40.4 Å². The van der Waals surface area contributed by atoms with Gasteiger partial charge in [-0.2, -0.15) is 0 Å². The highest BCUT2D eigenvalue weighted by Gasteiger charge is 2.23. The maximum atomic E-state index is 13.2. The van der Waals surface area contributed by atoms with Crippen LogP contribution in [0.5, 0.6) is 0 Å². The molecule has 0 fully saturated rings. The summed E-state index contributed by atoms with van der Waals surface area (Å²) in [5, 5.41) is 2.97. The van der Waals surface area contributed by atoms with Crippen LogP contribution in [-0.2, 0) is 35.5 Å². The van der Waals surface area contributed by atoms with Gasteiger partial charge >= 0.3 is 0 Å². The van der Waals surface area contributed by atoms with Crippen molar-refractivity contribution in [3.63, 3.8) is 0 Å². The monoisotopic (exact) mass is 626 g/mol. The molecule has 2 amide bonds. The van der Waals surface area contributed by atoms with Gasteiger partial charge in [0.2, 0.25) is 11.8 Å². The van der Waals surface area contributed by atoms with Crippen LogP contribution < -0.4 is 16.8 Å². The van der Waals surface area contributed by atoms with Gasteiger partial charge in [0.15, 0.2) is 0 Å². The number of aryl methyl sites for hydroxylation is 3. The smallest absolute Gasteiger partial charge is 0.237 e. The minimum absolute atomic E-state index is 0.0714. The van der Waals surface area contributed by atoms with Gasteiger partial charge in [-0.15, -0.1) is 0 Å². The highest BCUT2D eigenvalue weighted by molar-refractivity contribution is 5.85. The Morgan fingerprint density at radius 1 is 0.936 bits per heavy atom. The first-order valence-electron chi connectivity index (χ1n) is 15.7. The van der Waals surface area contributed by atoms with Gasteiger partial charge < -0.3 is 25.9 Å². The summed E-state index contributed by atoms with van der Waals surface area (Å²) in [6.45, 7) is 3.35. The highest BCUT2D eigenvalue weighted by atomic mass is 16.2. The maximum Gasteiger partial charge on any atom is 0.237 e. The number of nitrogens with zero attached hydrogens (tertiary/aromatic N) is 5. The first-order chi connectivity index (χ1) is 22.8. The molecule has 0 radical (unpaired) electrons. The number of benzene rings is 3. The van der Waals surface area contributed by atoms with Gasteiger partial charge in [0.25, 0.3) is 0 Å². The zero-order valence-electron chi connectivity index (χ0n) is 26.3. The van der Waals surface area contributed by atoms with Gasteiger partial charge in [-0.3, -0.25) is 14.6 Å². The summed E-state index contributed by atoms with van der Waals surface area (Å²) in [7, 11) is 0. The molecule has 0 bridgehead atoms. The van der Waals surface area contributed by atoms with Crippen LogP contribution >= 0.6 is 0 Å². The van der Waals surface area contributed by atoms with Crippen molar-refractivity contribution in [1.82, 2.24) is 29.4 Å². The molecular weight excluding hydrogens is 588 g/mol. The van der Waals surface area contributed by atoms with Crippen LogP contribution in [0, 0.1) is 6.92 Å². The predicted molar refractivity (Wildman–Crippen MR) is 182 cm³/mol. The van der Waals surface area contributed by atoms with E-state index in [1.165, 1.54) is 0 Å². The fourth-order valence-electron chi connectivity index (χ4n) is 5.79. The van der Waals surface area contributed by atoms with Crippen molar-refractivity contribution in [2.45, 2.75) is 51.4 Å². The lowest BCUT2D eigenvalue weighted by Gasteiger charge is -2.21. The van der Waals surface area contributed by atoms with Crippen molar-refractivity contribution < 1.29 is 9.59 Å². The van der Waals surface area contributed by atoms with Crippen molar-refractivity contribution in [1.29, 1.82) is 0 Å². The Bertz CT molecular complexity index is 1970. The molecule has 6 aromatic rings. The number of aromatic nitrogens is 5. The van der Waals surface area contributed by atoms with Crippen LogP contribution in [0.3, 0.4) is 0 Å². The number of carbonyl (C=O) groups excluding carboxylic acids is 2. The third kappa shape index (κ3) is 7.79. The van der Waals surface area contributed by atoms with E-state index in [2.05, 4.69) is 38.1 Å². The maximum absolute atomic E-state index is 13.2. The number of imidazole rings is 2. The number of hydrogen-bond donors (Lipinski definition) is 3. The van der Waals surface area contributed by atoms with E-state index in [1.807, 2.05) is 84.4 Å². The molecule has 2 atom stereocenters. The average Bonchev–Trinajstić information content (AvgIpc) is 3.72. The van der Waals surface area contributed by atoms with Gasteiger partial charge in [0.05, 0.1) is 35.9 Å². The van der Waals surface area contributed by atoms with E-state index in [4.69, 9.17) is 16.5 Å². The van der Waals surface area contributed by atoms with Gasteiger partial charge in [-0.1, -0.05) is 60.2 Å². The summed E-state index contributed by atoms with van der Waals surface area (Å²) in [5.41, 5.74) is 19.5. The molecule has 6 rings (SSSR count). The topological polar surface area (TPSA) is 147 Å². The van der Waals surface area contributed by atoms with Crippen molar-refractivity contribution in [2.75, 3.05) is 0 Å². The van der Waals surface area contributed by atoms with Gasteiger partial charge in [0, 0.05) is 49.4 Å². The standard InChI is InChI=1S/C37H38N8O2/c1-25-8-10-26(11-9-25)20-31(38)37(47)43-32(22-35(39)46)28-12-13-34-33(21-28)42-36(45(34)17-14-30-7-2-3-15-41-30)29-6-4-5-27(19-29)23-44-18-16-40-24-44/h2-13,15-16,18-19,21,24,31-32H,14,17,20,22-23,38H2,1H3,(H2,39,46)(H,43,47)/t31-,32?/m1/s1. The highest BCUT2D eigenvalue weighted by Crippen LogP contribution is 2.29. The molecule has 47 heavy (non-hydrogen) atoms. The zero-order chi connectivity index (χ0) is 32.8. The summed E-state index contributed by atoms with van der Waals surface area (Å²) in [6.07, 6.45) is 8.32. The molecule has 0 aliphatic carbocycles. The van der Waals surface area contributed by atoms with E-state index >= 15 is 0 Å². The number of rotatable bonds is 13. The minimum atomic E-state index is -0.788. The number of amides is 2. The fourth-order valence-corrected chi connectivity index (χ4v) is 5.79. The second kappa shape index (κ2) is 14.2. The number of carbonyl (C=O) groups is 2. The quantitative estimate of drug-likeness (QED) is 0.172. The number of nitrogens with one attached hydrogen (secondary N) is 1. The fraction of sp³-hybridized carbons (Fsp3) is 0.216. The van der Waals surface area contributed by atoms with Crippen LogP contribution in [0.25, 0.3) is 22.4 Å². The normalized spacial score (nSPS) is 12.6. The SMILES string of the molecule is Cc1ccc(C[C@@H](N)C(=O)NC(CC(N)=O)c2ccc3c(c2)nc(-c2cccc(Cn4ccnc4)c2)n3CCc2ccccn2)cc1. The summed E-state index contributed by atoms with van der Waals surface area (Å²) in [5.74, 6) is -0.0665. The summed E-state index contributed by atoms with van der Waals surface area (Å²) in [6, 6.07) is 26.5. The molecule has 10 nitrogen and oxygen atoms in total. The molecular formula is C37H38N8O2. The molecule has 0 saturated heterocycles. The van der Waals surface area contributed by atoms with Crippen molar-refractivity contribution in [3.05, 3.63) is 138 Å². The van der Waals surface area contributed by atoms with Gasteiger partial charge in [0.1, 0.15) is 5.82 Å². The van der Waals surface area contributed by atoms with Crippen molar-refractivity contribution in [3.8, 4) is 11.4 Å². The Morgan fingerprint density at radius 2 is 1.79 bits per heavy atom. The summed E-state index contributed by atoms with van der Waals surface area (Å²) >= 11 is 0. The zero-order valence-corrected chi connectivity index (χ0v) is 26.3. The Labute approximate surface area is 273 Å². The predicted octanol–water partition coefficient (Wildman–Crippen LogP) is 4.50. The third-order valence-corrected chi connectivity index (χ3v) is 8.24. The van der Waals surface area contributed by atoms with E-state index in [1.54, 1.807) is 18.7 Å². The summed E-state index contributed by atoms with van der Waals surface area (Å²) in [4.78, 5) is 39.2. The Morgan fingerprint density at radius 3 is 2.53 bits per heavy atom. The lowest BCUT2D eigenvalue weighted by molar-refractivity contribution is -0.123. The average molecular weight is 627 g/mol.